The van der Waals surface area contributed by atoms with Gasteiger partial charge in [-0.25, -0.2) is 9.55 Å². The Morgan fingerprint density at radius 1 is 1.47 bits per heavy atom. The number of rotatable bonds is 4. The highest BCUT2D eigenvalue weighted by atomic mass is 79.9. The zero-order valence-electron chi connectivity index (χ0n) is 9.03. The molecule has 0 aromatic carbocycles. The van der Waals surface area contributed by atoms with Gasteiger partial charge in [0.05, 0.1) is 6.42 Å². The molecule has 90 valence electrons. The first-order valence-electron chi connectivity index (χ1n) is 4.96. The largest absolute Gasteiger partial charge is 1.00 e. The lowest BCUT2D eigenvalue weighted by Crippen LogP contribution is -3.00. The van der Waals surface area contributed by atoms with Crippen molar-refractivity contribution in [3.05, 3.63) is 43.1 Å². The van der Waals surface area contributed by atoms with Crippen LogP contribution in [-0.4, -0.2) is 20.6 Å². The Kier molecular flexibility index (Phi) is 4.84. The molecule has 0 unspecified atom stereocenters. The van der Waals surface area contributed by atoms with Crippen LogP contribution in [0.1, 0.15) is 6.42 Å². The molecule has 0 saturated heterocycles. The Hall–Kier alpha value is -1.69. The Bertz CT molecular complexity index is 484. The number of aryl methyl sites for hydroxylation is 1. The summed E-state index contributed by atoms with van der Waals surface area (Å²) in [6.07, 6.45) is 7.35. The molecule has 2 heterocycles. The van der Waals surface area contributed by atoms with Crippen molar-refractivity contribution in [2.45, 2.75) is 13.0 Å². The summed E-state index contributed by atoms with van der Waals surface area (Å²) in [6.45, 7) is 0.467. The minimum Gasteiger partial charge on any atom is -1.00 e. The molecule has 2 aromatic heterocycles. The lowest BCUT2D eigenvalue weighted by molar-refractivity contribution is -0.695. The van der Waals surface area contributed by atoms with Crippen molar-refractivity contribution in [2.24, 2.45) is 0 Å². The molecule has 2 aromatic rings. The van der Waals surface area contributed by atoms with Crippen LogP contribution in [0.25, 0.3) is 5.82 Å². The van der Waals surface area contributed by atoms with E-state index in [1.807, 2.05) is 46.1 Å². The zero-order valence-corrected chi connectivity index (χ0v) is 10.6. The second-order valence-corrected chi connectivity index (χ2v) is 3.39. The highest BCUT2D eigenvalue weighted by Crippen LogP contribution is 2.00. The Morgan fingerprint density at radius 2 is 2.29 bits per heavy atom. The van der Waals surface area contributed by atoms with Gasteiger partial charge in [0.2, 0.25) is 12.1 Å². The van der Waals surface area contributed by atoms with E-state index in [0.29, 0.717) is 6.54 Å². The minimum atomic E-state index is -0.793. The summed E-state index contributed by atoms with van der Waals surface area (Å²) in [4.78, 5) is 14.6. The fraction of sp³-hybridized carbons (Fsp3) is 0.182. The number of carboxylic acids is 1. The quantitative estimate of drug-likeness (QED) is 0.643. The first-order chi connectivity index (χ1) is 7.75. The molecular weight excluding hydrogens is 286 g/mol. The van der Waals surface area contributed by atoms with Crippen molar-refractivity contribution in [1.82, 2.24) is 9.55 Å². The molecule has 0 bridgehead atoms. The molecule has 0 saturated carbocycles. The molecule has 0 aliphatic heterocycles. The average Bonchev–Trinajstić information content (AvgIpc) is 2.76. The van der Waals surface area contributed by atoms with Crippen LogP contribution in [0.4, 0.5) is 0 Å². The summed E-state index contributed by atoms with van der Waals surface area (Å²) < 4.78 is 3.67. The summed E-state index contributed by atoms with van der Waals surface area (Å²) >= 11 is 0. The van der Waals surface area contributed by atoms with E-state index in [4.69, 9.17) is 5.11 Å². The van der Waals surface area contributed by atoms with E-state index in [0.717, 1.165) is 5.82 Å². The van der Waals surface area contributed by atoms with E-state index >= 15 is 0 Å². The fourth-order valence-corrected chi connectivity index (χ4v) is 1.39. The molecule has 0 radical (unpaired) electrons. The van der Waals surface area contributed by atoms with Gasteiger partial charge in [0, 0.05) is 12.3 Å². The first-order valence-corrected chi connectivity index (χ1v) is 4.96. The van der Waals surface area contributed by atoms with Gasteiger partial charge in [0.1, 0.15) is 18.9 Å². The van der Waals surface area contributed by atoms with Gasteiger partial charge in [-0.15, -0.1) is 0 Å². The van der Waals surface area contributed by atoms with Gasteiger partial charge < -0.3 is 22.1 Å². The molecular formula is C11H12BrN3O2. The normalized spacial score (nSPS) is 9.65. The van der Waals surface area contributed by atoms with Crippen molar-refractivity contribution >= 4 is 5.97 Å². The van der Waals surface area contributed by atoms with E-state index in [1.165, 1.54) is 0 Å². The highest BCUT2D eigenvalue weighted by molar-refractivity contribution is 5.66. The van der Waals surface area contributed by atoms with Crippen LogP contribution in [0, 0.1) is 0 Å². The van der Waals surface area contributed by atoms with Gasteiger partial charge in [-0.05, 0) is 6.07 Å². The van der Waals surface area contributed by atoms with Crippen LogP contribution >= 0.6 is 0 Å². The maximum atomic E-state index is 10.4. The lowest BCUT2D eigenvalue weighted by Gasteiger charge is -1.93. The number of carboxylic acid groups (broad SMARTS) is 1. The van der Waals surface area contributed by atoms with Crippen LogP contribution in [0.2, 0.25) is 0 Å². The maximum absolute atomic E-state index is 10.4. The number of hydrogen-bond acceptors (Lipinski definition) is 2. The molecule has 17 heavy (non-hydrogen) atoms. The number of pyridine rings is 1. The van der Waals surface area contributed by atoms with Gasteiger partial charge in [-0.3, -0.25) is 4.79 Å². The fourth-order valence-electron chi connectivity index (χ4n) is 1.39. The zero-order chi connectivity index (χ0) is 11.4. The standard InChI is InChI=1S/C11H11N3O2.BrH/c15-11(16)4-6-13-7-8-14(9-13)10-3-1-2-5-12-10;/h1-3,5,7-9H,4,6H2;1H. The predicted octanol–water partition coefficient (Wildman–Crippen LogP) is -2.36. The van der Waals surface area contributed by atoms with E-state index in [9.17, 15) is 4.79 Å². The van der Waals surface area contributed by atoms with Crippen molar-refractivity contribution < 1.29 is 31.4 Å². The molecule has 0 fully saturated rings. The monoisotopic (exact) mass is 297 g/mol. The summed E-state index contributed by atoms with van der Waals surface area (Å²) in [5.74, 6) is 0.0228. The Balaban J connectivity index is 0.00000144. The number of halogens is 1. The number of nitrogens with zero attached hydrogens (tertiary/aromatic N) is 3. The summed E-state index contributed by atoms with van der Waals surface area (Å²) in [6, 6.07) is 5.65. The van der Waals surface area contributed by atoms with Crippen LogP contribution in [0.3, 0.4) is 0 Å². The second kappa shape index (κ2) is 6.15. The van der Waals surface area contributed by atoms with Gasteiger partial charge in [0.25, 0.3) is 0 Å². The first kappa shape index (κ1) is 13.4. The molecule has 6 heteroatoms. The van der Waals surface area contributed by atoms with Gasteiger partial charge in [-0.2, -0.15) is 4.57 Å². The molecule has 0 aliphatic carbocycles. The van der Waals surface area contributed by atoms with Crippen molar-refractivity contribution in [1.29, 1.82) is 0 Å². The van der Waals surface area contributed by atoms with Crippen molar-refractivity contribution in [2.75, 3.05) is 0 Å². The SMILES string of the molecule is O=C(O)CC[n+]1ccn(-c2ccccn2)c1.[Br-]. The van der Waals surface area contributed by atoms with Gasteiger partial charge >= 0.3 is 5.97 Å². The number of carbonyl (C=O) groups is 1. The summed E-state index contributed by atoms with van der Waals surface area (Å²) in [7, 11) is 0. The third kappa shape index (κ3) is 3.67. The molecule has 2 rings (SSSR count). The highest BCUT2D eigenvalue weighted by Gasteiger charge is 2.07. The topological polar surface area (TPSA) is 59.0 Å². The van der Waals surface area contributed by atoms with Crippen LogP contribution in [0.5, 0.6) is 0 Å². The molecule has 5 nitrogen and oxygen atoms in total. The third-order valence-electron chi connectivity index (χ3n) is 2.19. The van der Waals surface area contributed by atoms with Crippen LogP contribution in [0.15, 0.2) is 43.1 Å². The number of hydrogen-bond donors (Lipinski definition) is 1. The molecule has 0 amide bonds. The molecule has 0 spiro atoms. The van der Waals surface area contributed by atoms with E-state index in [2.05, 4.69) is 4.98 Å². The smallest absolute Gasteiger partial charge is 0.307 e. The Morgan fingerprint density at radius 3 is 2.94 bits per heavy atom. The molecule has 0 atom stereocenters. The van der Waals surface area contributed by atoms with E-state index in [-0.39, 0.29) is 23.4 Å². The van der Waals surface area contributed by atoms with Gasteiger partial charge in [-0.1, -0.05) is 6.07 Å². The lowest BCUT2D eigenvalue weighted by atomic mass is 10.4. The number of aromatic nitrogens is 3. The van der Waals surface area contributed by atoms with Crippen molar-refractivity contribution in [3.63, 3.8) is 0 Å². The summed E-state index contributed by atoms with van der Waals surface area (Å²) in [5, 5.41) is 8.57. The summed E-state index contributed by atoms with van der Waals surface area (Å²) in [5.41, 5.74) is 0. The molecule has 0 aliphatic rings. The second-order valence-electron chi connectivity index (χ2n) is 3.39. The Labute approximate surface area is 109 Å². The van der Waals surface area contributed by atoms with Gasteiger partial charge in [0.15, 0.2) is 0 Å². The van der Waals surface area contributed by atoms with E-state index in [1.54, 1.807) is 6.20 Å². The third-order valence-corrected chi connectivity index (χ3v) is 2.19. The number of imidazole rings is 1. The predicted molar refractivity (Wildman–Crippen MR) is 56.0 cm³/mol. The van der Waals surface area contributed by atoms with Crippen LogP contribution < -0.4 is 21.5 Å². The minimum absolute atomic E-state index is 0. The average molecular weight is 298 g/mol. The van der Waals surface area contributed by atoms with Crippen LogP contribution in [-0.2, 0) is 11.3 Å². The van der Waals surface area contributed by atoms with E-state index < -0.39 is 5.97 Å². The van der Waals surface area contributed by atoms with Crippen molar-refractivity contribution in [3.8, 4) is 5.82 Å². The number of aliphatic carboxylic acids is 1. The maximum Gasteiger partial charge on any atom is 0.307 e. The molecule has 1 N–H and O–H groups in total.